The maximum absolute atomic E-state index is 13.6. The van der Waals surface area contributed by atoms with Crippen molar-refractivity contribution in [2.24, 2.45) is 0 Å². The molecule has 6 rings (SSSR count). The number of aryl methyl sites for hydroxylation is 1. The molecule has 3 N–H and O–H groups in total. The lowest BCUT2D eigenvalue weighted by Gasteiger charge is -2.22. The van der Waals surface area contributed by atoms with Gasteiger partial charge in [-0.1, -0.05) is 70.9 Å². The Balaban J connectivity index is 0.000000260. The van der Waals surface area contributed by atoms with Gasteiger partial charge in [0.25, 0.3) is 0 Å². The summed E-state index contributed by atoms with van der Waals surface area (Å²) >= 11 is 3.30. The summed E-state index contributed by atoms with van der Waals surface area (Å²) in [4.78, 5) is 0.288. The number of nitrogens with one attached hydrogen (secondary N) is 1. The van der Waals surface area contributed by atoms with E-state index in [1.807, 2.05) is 97.1 Å². The third-order valence-corrected chi connectivity index (χ3v) is 14.3. The summed E-state index contributed by atoms with van der Waals surface area (Å²) < 4.78 is 78.5. The normalized spacial score (nSPS) is 11.4. The minimum Gasteiger partial charge on any atom is -0.497 e. The van der Waals surface area contributed by atoms with Crippen LogP contribution in [-0.2, 0) is 52.8 Å². The molecule has 0 fully saturated rings. The summed E-state index contributed by atoms with van der Waals surface area (Å²) in [6.45, 7) is 1.97. The van der Waals surface area contributed by atoms with Crippen molar-refractivity contribution < 1.29 is 46.0 Å². The zero-order valence-electron chi connectivity index (χ0n) is 38.5. The number of nitrogens with zero attached hydrogens (tertiary/aromatic N) is 5. The average Bonchev–Trinajstić information content (AvgIpc) is 4.09. The van der Waals surface area contributed by atoms with Crippen LogP contribution in [-0.4, -0.2) is 103 Å². The number of aliphatic hydroxyl groups excluding tert-OH is 2. The van der Waals surface area contributed by atoms with Crippen LogP contribution in [0.4, 0.5) is 0 Å². The Morgan fingerprint density at radius 3 is 1.24 bits per heavy atom. The number of alkyl halides is 1. The molecule has 364 valence electrons. The number of hydrogen-bond donors (Lipinski definition) is 3. The highest BCUT2D eigenvalue weighted by Gasteiger charge is 2.28. The number of sulfonamides is 2. The molecule has 0 saturated heterocycles. The molecule has 4 aromatic carbocycles. The van der Waals surface area contributed by atoms with Crippen LogP contribution in [0.1, 0.15) is 60.8 Å². The highest BCUT2D eigenvalue weighted by atomic mass is 79.9. The number of H-pyrrole nitrogens is 1. The molecule has 6 aromatic rings. The molecule has 0 unspecified atom stereocenters. The Hall–Kier alpha value is -5.28. The Labute approximate surface area is 403 Å². The van der Waals surface area contributed by atoms with Crippen LogP contribution >= 0.6 is 15.9 Å². The van der Waals surface area contributed by atoms with Gasteiger partial charge in [0, 0.05) is 63.7 Å². The molecule has 0 saturated carbocycles. The quantitative estimate of drug-likeness (QED) is 0.0372. The second-order valence-corrected chi connectivity index (χ2v) is 19.7. The number of methoxy groups -OCH3 is 4. The maximum Gasteiger partial charge on any atom is 0.246 e. The van der Waals surface area contributed by atoms with E-state index in [0.717, 1.165) is 71.2 Å². The lowest BCUT2D eigenvalue weighted by atomic mass is 10.2. The molecule has 0 bridgehead atoms. The standard InChI is InChI=1S/C24H31N3O5S.C19H21N3O4S.C5H11BrO/c1-31-22-10-6-20(7-11-22)17-27(18-21-8-12-23(32-2)13-9-21)33(29,30)24-16-25-26(19-24)14-4-3-5-15-28;1-25-17-7-3-15(4-8-17)13-22(27(23,24)19-11-20-21-12-19)14-16-5-9-18(26-2)10-6-16;6-4-2-1-3-5-7/h6-13,16,19,28H,3-5,14-15,17-18H2,1-2H3;3-12H,13-14H2,1-2H3,(H,20,21);7H,1-5H2. The SMILES string of the molecule is COc1ccc(CN(Cc2ccc(OC)cc2)S(=O)(=O)c2cn[nH]c2)cc1.COc1ccc(CN(Cc2ccc(OC)cc2)S(=O)(=O)c2cnn(CCCCCO)c2)cc1.OCCCCCBr. The Bertz CT molecular complexity index is 2390. The number of ether oxygens (including phenoxy) is 4. The van der Waals surface area contributed by atoms with Crippen LogP contribution in [0.25, 0.3) is 0 Å². The fraction of sp³-hybridized carbons (Fsp3) is 0.375. The summed E-state index contributed by atoms with van der Waals surface area (Å²) in [5.74, 6) is 2.87. The molecule has 0 aliphatic carbocycles. The van der Waals surface area contributed by atoms with Crippen molar-refractivity contribution in [3.05, 3.63) is 144 Å². The lowest BCUT2D eigenvalue weighted by Crippen LogP contribution is -2.30. The number of aromatic nitrogens is 4. The molecule has 0 amide bonds. The first kappa shape index (κ1) is 54.3. The first-order valence-electron chi connectivity index (χ1n) is 21.7. The summed E-state index contributed by atoms with van der Waals surface area (Å²) in [5, 5.41) is 28.8. The number of aromatic amines is 1. The molecule has 2 aromatic heterocycles. The topological polar surface area (TPSA) is 199 Å². The van der Waals surface area contributed by atoms with E-state index >= 15 is 0 Å². The molecular formula is C48H63BrN6O10S2. The second kappa shape index (κ2) is 28.8. The van der Waals surface area contributed by atoms with Gasteiger partial charge in [0.15, 0.2) is 0 Å². The Morgan fingerprint density at radius 1 is 0.537 bits per heavy atom. The van der Waals surface area contributed by atoms with Crippen LogP contribution in [0, 0.1) is 0 Å². The van der Waals surface area contributed by atoms with Crippen molar-refractivity contribution >= 4 is 36.0 Å². The van der Waals surface area contributed by atoms with E-state index in [2.05, 4.69) is 31.2 Å². The van der Waals surface area contributed by atoms with E-state index in [1.165, 1.54) is 33.6 Å². The van der Waals surface area contributed by atoms with E-state index in [0.29, 0.717) is 24.7 Å². The molecule has 16 nitrogen and oxygen atoms in total. The predicted octanol–water partition coefficient (Wildman–Crippen LogP) is 7.82. The van der Waals surface area contributed by atoms with Crippen LogP contribution in [0.15, 0.2) is 132 Å². The minimum absolute atomic E-state index is 0.129. The Kier molecular flexibility index (Phi) is 23.3. The smallest absolute Gasteiger partial charge is 0.246 e. The fourth-order valence-corrected chi connectivity index (χ4v) is 9.51. The summed E-state index contributed by atoms with van der Waals surface area (Å²) in [5.41, 5.74) is 3.42. The predicted molar refractivity (Wildman–Crippen MR) is 261 cm³/mol. The summed E-state index contributed by atoms with van der Waals surface area (Å²) in [7, 11) is -1.13. The van der Waals surface area contributed by atoms with E-state index < -0.39 is 20.0 Å². The van der Waals surface area contributed by atoms with Crippen molar-refractivity contribution in [3.8, 4) is 23.0 Å². The van der Waals surface area contributed by atoms with Gasteiger partial charge in [-0.2, -0.15) is 18.8 Å². The summed E-state index contributed by atoms with van der Waals surface area (Å²) in [6.07, 6.45) is 11.3. The van der Waals surface area contributed by atoms with E-state index in [4.69, 9.17) is 29.2 Å². The van der Waals surface area contributed by atoms with E-state index in [9.17, 15) is 16.8 Å². The van der Waals surface area contributed by atoms with Gasteiger partial charge in [-0.25, -0.2) is 16.8 Å². The largest absolute Gasteiger partial charge is 0.497 e. The highest BCUT2D eigenvalue weighted by molar-refractivity contribution is 9.09. The number of benzene rings is 4. The number of hydrogen-bond acceptors (Lipinski definition) is 12. The van der Waals surface area contributed by atoms with Crippen molar-refractivity contribution in [3.63, 3.8) is 0 Å². The number of rotatable bonds is 25. The van der Waals surface area contributed by atoms with Crippen LogP contribution in [0.2, 0.25) is 0 Å². The minimum atomic E-state index is -3.80. The number of aliphatic hydroxyl groups is 2. The van der Waals surface area contributed by atoms with Crippen LogP contribution < -0.4 is 18.9 Å². The molecule has 67 heavy (non-hydrogen) atoms. The molecule has 0 spiro atoms. The van der Waals surface area contributed by atoms with Gasteiger partial charge in [0.2, 0.25) is 20.0 Å². The van der Waals surface area contributed by atoms with Crippen molar-refractivity contribution in [1.29, 1.82) is 0 Å². The lowest BCUT2D eigenvalue weighted by molar-refractivity contribution is 0.281. The van der Waals surface area contributed by atoms with Crippen LogP contribution in [0.5, 0.6) is 23.0 Å². The van der Waals surface area contributed by atoms with Gasteiger partial charge in [0.05, 0.1) is 40.8 Å². The van der Waals surface area contributed by atoms with E-state index in [-0.39, 0.29) is 42.6 Å². The van der Waals surface area contributed by atoms with Gasteiger partial charge in [-0.05, 0) is 103 Å². The van der Waals surface area contributed by atoms with Gasteiger partial charge < -0.3 is 29.2 Å². The maximum atomic E-state index is 13.6. The van der Waals surface area contributed by atoms with Crippen LogP contribution in [0.3, 0.4) is 0 Å². The van der Waals surface area contributed by atoms with Gasteiger partial charge in [-0.3, -0.25) is 9.78 Å². The zero-order valence-corrected chi connectivity index (χ0v) is 41.8. The van der Waals surface area contributed by atoms with Crippen molar-refractivity contribution in [2.45, 2.75) is 81.0 Å². The molecule has 0 radical (unpaired) electrons. The zero-order chi connectivity index (χ0) is 48.5. The molecule has 19 heteroatoms. The van der Waals surface area contributed by atoms with Crippen molar-refractivity contribution in [2.75, 3.05) is 47.0 Å². The fourth-order valence-electron chi connectivity index (χ4n) is 6.41. The van der Waals surface area contributed by atoms with Crippen molar-refractivity contribution in [1.82, 2.24) is 28.6 Å². The first-order chi connectivity index (χ1) is 32.4. The monoisotopic (exact) mass is 1030 g/mol. The molecule has 2 heterocycles. The number of halogens is 1. The third kappa shape index (κ3) is 17.7. The Morgan fingerprint density at radius 2 is 0.910 bits per heavy atom. The molecule has 0 aliphatic heterocycles. The van der Waals surface area contributed by atoms with Gasteiger partial charge in [-0.15, -0.1) is 0 Å². The number of unbranched alkanes of at least 4 members (excludes halogenated alkanes) is 4. The molecule has 0 aliphatic rings. The van der Waals surface area contributed by atoms with E-state index in [1.54, 1.807) is 39.3 Å². The first-order valence-corrected chi connectivity index (χ1v) is 25.7. The third-order valence-electron chi connectivity index (χ3n) is 10.3. The summed E-state index contributed by atoms with van der Waals surface area (Å²) in [6, 6.07) is 29.4. The molecular weight excluding hydrogens is 965 g/mol. The average molecular weight is 1030 g/mol. The second-order valence-electron chi connectivity index (χ2n) is 15.1. The van der Waals surface area contributed by atoms with Gasteiger partial charge >= 0.3 is 0 Å². The molecule has 0 atom stereocenters. The van der Waals surface area contributed by atoms with Gasteiger partial charge in [0.1, 0.15) is 32.8 Å². The highest BCUT2D eigenvalue weighted by Crippen LogP contribution is 2.25.